The molecule has 1 aromatic carbocycles. The van der Waals surface area contributed by atoms with Gasteiger partial charge in [-0.15, -0.1) is 0 Å². The maximum atomic E-state index is 11.4. The van der Waals surface area contributed by atoms with Gasteiger partial charge in [0.1, 0.15) is 6.10 Å². The van der Waals surface area contributed by atoms with Gasteiger partial charge in [0.05, 0.1) is 10.3 Å². The average Bonchev–Trinajstić information content (AvgIpc) is 2.24. The minimum Gasteiger partial charge on any atom is -0.461 e. The van der Waals surface area contributed by atoms with Crippen molar-refractivity contribution in [3.05, 3.63) is 35.9 Å². The van der Waals surface area contributed by atoms with Crippen LogP contribution in [0.1, 0.15) is 24.8 Å². The summed E-state index contributed by atoms with van der Waals surface area (Å²) < 4.78 is 5.57. The molecule has 0 N–H and O–H groups in total. The number of esters is 1. The van der Waals surface area contributed by atoms with Crippen LogP contribution >= 0.6 is 22.6 Å². The second kappa shape index (κ2) is 4.51. The Hall–Kier alpha value is -0.580. The molecule has 1 fully saturated rings. The summed E-state index contributed by atoms with van der Waals surface area (Å²) in [4.78, 5) is 11.4. The molecule has 15 heavy (non-hydrogen) atoms. The smallest absolute Gasteiger partial charge is 0.306 e. The van der Waals surface area contributed by atoms with Crippen LogP contribution in [0.3, 0.4) is 0 Å². The minimum absolute atomic E-state index is 0.0112. The Bertz CT molecular complexity index is 350. The Labute approximate surface area is 103 Å². The van der Waals surface area contributed by atoms with Crippen molar-refractivity contribution in [2.24, 2.45) is 0 Å². The van der Waals surface area contributed by atoms with Crippen LogP contribution in [0.2, 0.25) is 0 Å². The maximum Gasteiger partial charge on any atom is 0.306 e. The first-order valence-electron chi connectivity index (χ1n) is 5.07. The molecule has 80 valence electrons. The molecule has 0 radical (unpaired) electrons. The quantitative estimate of drug-likeness (QED) is 0.452. The summed E-state index contributed by atoms with van der Waals surface area (Å²) in [5.41, 5.74) is 1.24. The van der Waals surface area contributed by atoms with E-state index in [-0.39, 0.29) is 12.1 Å². The molecule has 1 aliphatic heterocycles. The number of hydrogen-bond donors (Lipinski definition) is 0. The maximum absolute atomic E-state index is 11.4. The summed E-state index contributed by atoms with van der Waals surface area (Å²) in [5, 5.41) is 0. The van der Waals surface area contributed by atoms with Gasteiger partial charge in [-0.2, -0.15) is 0 Å². The topological polar surface area (TPSA) is 26.3 Å². The van der Waals surface area contributed by atoms with Crippen LogP contribution in [0, 0.1) is 0 Å². The third kappa shape index (κ3) is 2.33. The standard InChI is InChI=1S/C12H13IO2/c1-8-12(13)10(7-11(14)15-8)9-5-3-2-4-6-9/h2-6,8,10,12H,7H2,1H3/t8-,10+,12?/m1/s1. The molecule has 1 aliphatic rings. The summed E-state index contributed by atoms with van der Waals surface area (Å²) >= 11 is 2.38. The van der Waals surface area contributed by atoms with Crippen molar-refractivity contribution < 1.29 is 9.53 Å². The number of carbonyl (C=O) groups excluding carboxylic acids is 1. The lowest BCUT2D eigenvalue weighted by molar-refractivity contribution is -0.152. The molecule has 1 aromatic rings. The fraction of sp³-hybridized carbons (Fsp3) is 0.417. The van der Waals surface area contributed by atoms with E-state index in [2.05, 4.69) is 34.7 Å². The first kappa shape index (κ1) is 10.9. The molecule has 0 aliphatic carbocycles. The predicted octanol–water partition coefficient (Wildman–Crippen LogP) is 2.91. The van der Waals surface area contributed by atoms with E-state index < -0.39 is 0 Å². The Morgan fingerprint density at radius 2 is 2.00 bits per heavy atom. The predicted molar refractivity (Wildman–Crippen MR) is 67.2 cm³/mol. The van der Waals surface area contributed by atoms with Crippen LogP contribution in [0.15, 0.2) is 30.3 Å². The summed E-state index contributed by atoms with van der Waals surface area (Å²) in [6.45, 7) is 1.96. The number of cyclic esters (lactones) is 1. The lowest BCUT2D eigenvalue weighted by atomic mass is 9.89. The molecule has 1 saturated heterocycles. The van der Waals surface area contributed by atoms with E-state index in [0.29, 0.717) is 16.3 Å². The van der Waals surface area contributed by atoms with Crippen LogP contribution in [0.25, 0.3) is 0 Å². The lowest BCUT2D eigenvalue weighted by Crippen LogP contribution is -2.36. The van der Waals surface area contributed by atoms with Crippen molar-refractivity contribution in [3.63, 3.8) is 0 Å². The molecule has 0 bridgehead atoms. The highest BCUT2D eigenvalue weighted by molar-refractivity contribution is 14.1. The van der Waals surface area contributed by atoms with Crippen molar-refractivity contribution in [1.82, 2.24) is 0 Å². The van der Waals surface area contributed by atoms with E-state index in [1.165, 1.54) is 5.56 Å². The average molecular weight is 316 g/mol. The largest absolute Gasteiger partial charge is 0.461 e. The minimum atomic E-state index is -0.0794. The van der Waals surface area contributed by atoms with Crippen LogP contribution in [-0.2, 0) is 9.53 Å². The molecule has 0 aromatic heterocycles. The Balaban J connectivity index is 2.24. The number of alkyl halides is 1. The van der Waals surface area contributed by atoms with Crippen LogP contribution in [0.4, 0.5) is 0 Å². The normalized spacial score (nSPS) is 31.1. The van der Waals surface area contributed by atoms with Crippen LogP contribution in [0.5, 0.6) is 0 Å². The number of halogens is 1. The fourth-order valence-corrected chi connectivity index (χ4v) is 2.76. The van der Waals surface area contributed by atoms with E-state index in [0.717, 1.165) is 0 Å². The third-order valence-corrected chi connectivity index (χ3v) is 4.65. The molecule has 0 spiro atoms. The summed E-state index contributed by atoms with van der Waals surface area (Å²) in [6.07, 6.45) is 0.513. The van der Waals surface area contributed by atoms with E-state index in [4.69, 9.17) is 4.74 Å². The zero-order valence-electron chi connectivity index (χ0n) is 8.52. The van der Waals surface area contributed by atoms with Gasteiger partial charge in [0, 0.05) is 5.92 Å². The van der Waals surface area contributed by atoms with E-state index in [1.807, 2.05) is 25.1 Å². The van der Waals surface area contributed by atoms with Gasteiger partial charge in [-0.25, -0.2) is 0 Å². The first-order chi connectivity index (χ1) is 7.18. The second-order valence-corrected chi connectivity index (χ2v) is 5.30. The molecule has 0 amide bonds. The lowest BCUT2D eigenvalue weighted by Gasteiger charge is -2.32. The molecule has 1 heterocycles. The summed E-state index contributed by atoms with van der Waals surface area (Å²) in [7, 11) is 0. The number of carbonyl (C=O) groups is 1. The van der Waals surface area contributed by atoms with Crippen molar-refractivity contribution in [3.8, 4) is 0 Å². The molecule has 2 rings (SSSR count). The van der Waals surface area contributed by atoms with Gasteiger partial charge in [-0.05, 0) is 12.5 Å². The van der Waals surface area contributed by atoms with E-state index >= 15 is 0 Å². The molecule has 3 atom stereocenters. The molecular formula is C12H13IO2. The van der Waals surface area contributed by atoms with Gasteiger partial charge in [-0.3, -0.25) is 4.79 Å². The highest BCUT2D eigenvalue weighted by Gasteiger charge is 2.35. The molecule has 3 heteroatoms. The zero-order chi connectivity index (χ0) is 10.8. The van der Waals surface area contributed by atoms with E-state index in [1.54, 1.807) is 0 Å². The van der Waals surface area contributed by atoms with Crippen molar-refractivity contribution in [1.29, 1.82) is 0 Å². The molecule has 0 saturated carbocycles. The third-order valence-electron chi connectivity index (χ3n) is 2.76. The van der Waals surface area contributed by atoms with E-state index in [9.17, 15) is 4.79 Å². The van der Waals surface area contributed by atoms with Gasteiger partial charge in [-0.1, -0.05) is 52.9 Å². The number of ether oxygens (including phenoxy) is 1. The Kier molecular flexibility index (Phi) is 3.29. The van der Waals surface area contributed by atoms with Gasteiger partial charge in [0.25, 0.3) is 0 Å². The highest BCUT2D eigenvalue weighted by Crippen LogP contribution is 2.35. The first-order valence-corrected chi connectivity index (χ1v) is 6.31. The van der Waals surface area contributed by atoms with Gasteiger partial charge >= 0.3 is 5.97 Å². The number of hydrogen-bond acceptors (Lipinski definition) is 2. The fourth-order valence-electron chi connectivity index (χ4n) is 1.94. The molecule has 1 unspecified atom stereocenters. The molecular weight excluding hydrogens is 303 g/mol. The number of rotatable bonds is 1. The van der Waals surface area contributed by atoms with Crippen molar-refractivity contribution in [2.45, 2.75) is 29.3 Å². The zero-order valence-corrected chi connectivity index (χ0v) is 10.7. The van der Waals surface area contributed by atoms with Gasteiger partial charge < -0.3 is 4.74 Å². The summed E-state index contributed by atoms with van der Waals surface area (Å²) in [5.74, 6) is 0.215. The Morgan fingerprint density at radius 3 is 2.67 bits per heavy atom. The molecule has 2 nitrogen and oxygen atoms in total. The van der Waals surface area contributed by atoms with Crippen molar-refractivity contribution in [2.75, 3.05) is 0 Å². The second-order valence-electron chi connectivity index (χ2n) is 3.86. The van der Waals surface area contributed by atoms with Crippen molar-refractivity contribution >= 4 is 28.6 Å². The highest BCUT2D eigenvalue weighted by atomic mass is 127. The van der Waals surface area contributed by atoms with Gasteiger partial charge in [0.15, 0.2) is 0 Å². The summed E-state index contributed by atoms with van der Waals surface area (Å²) in [6, 6.07) is 10.2. The van der Waals surface area contributed by atoms with Gasteiger partial charge in [0.2, 0.25) is 0 Å². The monoisotopic (exact) mass is 316 g/mol. The van der Waals surface area contributed by atoms with Crippen LogP contribution in [-0.4, -0.2) is 16.0 Å². The Morgan fingerprint density at radius 1 is 1.33 bits per heavy atom. The van der Waals surface area contributed by atoms with Crippen LogP contribution < -0.4 is 0 Å². The number of benzene rings is 1. The SMILES string of the molecule is C[C@H]1OC(=O)C[C@@H](c2ccccc2)C1I.